The number of aromatic amines is 1. The Morgan fingerprint density at radius 3 is 2.86 bits per heavy atom. The topological polar surface area (TPSA) is 127 Å². The molecule has 1 aromatic heterocycles. The number of nitro groups is 1. The standard InChI is InChI=1S/C12H12ClN5O3/c1-6(11-15-2-3-16-11)17-12(19)7-4-8(13)10(14)9(5-7)18(20)21/h2-6H,14H2,1H3,(H,15,16)(H,17,19). The number of aromatic nitrogens is 2. The fourth-order valence-electron chi connectivity index (χ4n) is 1.75. The van der Waals surface area contributed by atoms with Crippen molar-refractivity contribution < 1.29 is 9.72 Å². The molecular formula is C12H12ClN5O3. The Balaban J connectivity index is 2.25. The molecule has 1 unspecified atom stereocenters. The van der Waals surface area contributed by atoms with Crippen LogP contribution in [0.2, 0.25) is 5.02 Å². The van der Waals surface area contributed by atoms with Gasteiger partial charge in [0, 0.05) is 24.0 Å². The van der Waals surface area contributed by atoms with Crippen LogP contribution in [0, 0.1) is 10.1 Å². The smallest absolute Gasteiger partial charge is 0.294 e. The largest absolute Gasteiger partial charge is 0.392 e. The van der Waals surface area contributed by atoms with Crippen LogP contribution in [0.3, 0.4) is 0 Å². The van der Waals surface area contributed by atoms with Crippen molar-refractivity contribution in [3.8, 4) is 0 Å². The summed E-state index contributed by atoms with van der Waals surface area (Å²) in [4.78, 5) is 29.2. The van der Waals surface area contributed by atoms with Crippen molar-refractivity contribution in [2.24, 2.45) is 0 Å². The number of rotatable bonds is 4. The number of carbonyl (C=O) groups is 1. The molecular weight excluding hydrogens is 298 g/mol. The number of nitrogen functional groups attached to an aromatic ring is 1. The first kappa shape index (κ1) is 14.8. The van der Waals surface area contributed by atoms with Gasteiger partial charge in [0.15, 0.2) is 0 Å². The van der Waals surface area contributed by atoms with Gasteiger partial charge in [-0.25, -0.2) is 4.98 Å². The zero-order valence-corrected chi connectivity index (χ0v) is 11.7. The van der Waals surface area contributed by atoms with E-state index in [-0.39, 0.29) is 22.3 Å². The summed E-state index contributed by atoms with van der Waals surface area (Å²) in [6.07, 6.45) is 3.19. The maximum Gasteiger partial charge on any atom is 0.294 e. The molecule has 0 saturated heterocycles. The van der Waals surface area contributed by atoms with Crippen LogP contribution in [0.1, 0.15) is 29.1 Å². The second-order valence-electron chi connectivity index (χ2n) is 4.32. The average molecular weight is 310 g/mol. The number of halogens is 1. The Bertz CT molecular complexity index is 686. The van der Waals surface area contributed by atoms with E-state index in [1.54, 1.807) is 19.3 Å². The van der Waals surface area contributed by atoms with E-state index in [4.69, 9.17) is 17.3 Å². The third-order valence-corrected chi connectivity index (χ3v) is 3.16. The van der Waals surface area contributed by atoms with Gasteiger partial charge < -0.3 is 16.0 Å². The fraction of sp³-hybridized carbons (Fsp3) is 0.167. The summed E-state index contributed by atoms with van der Waals surface area (Å²) < 4.78 is 0. The van der Waals surface area contributed by atoms with E-state index in [1.165, 1.54) is 6.07 Å². The van der Waals surface area contributed by atoms with Crippen LogP contribution >= 0.6 is 11.6 Å². The van der Waals surface area contributed by atoms with Crippen molar-refractivity contribution in [1.29, 1.82) is 0 Å². The fourth-order valence-corrected chi connectivity index (χ4v) is 1.96. The zero-order chi connectivity index (χ0) is 15.6. The van der Waals surface area contributed by atoms with Crippen LogP contribution in [0.4, 0.5) is 11.4 Å². The first-order chi connectivity index (χ1) is 9.90. The number of hydrogen-bond donors (Lipinski definition) is 3. The summed E-state index contributed by atoms with van der Waals surface area (Å²) in [6, 6.07) is 1.99. The predicted molar refractivity (Wildman–Crippen MR) is 77.0 cm³/mol. The Hall–Kier alpha value is -2.61. The number of imidazole rings is 1. The van der Waals surface area contributed by atoms with Crippen molar-refractivity contribution >= 4 is 28.9 Å². The summed E-state index contributed by atoms with van der Waals surface area (Å²) >= 11 is 5.82. The maximum atomic E-state index is 12.1. The first-order valence-corrected chi connectivity index (χ1v) is 6.31. The molecule has 0 aliphatic heterocycles. The van der Waals surface area contributed by atoms with Gasteiger partial charge in [0.1, 0.15) is 11.5 Å². The Labute approximate surface area is 124 Å². The van der Waals surface area contributed by atoms with Crippen molar-refractivity contribution in [2.45, 2.75) is 13.0 Å². The molecule has 0 fully saturated rings. The second-order valence-corrected chi connectivity index (χ2v) is 4.72. The van der Waals surface area contributed by atoms with E-state index >= 15 is 0 Å². The number of nitro benzene ring substituents is 1. The summed E-state index contributed by atoms with van der Waals surface area (Å²) in [5, 5.41) is 13.5. The normalized spacial score (nSPS) is 11.9. The molecule has 21 heavy (non-hydrogen) atoms. The molecule has 1 atom stereocenters. The van der Waals surface area contributed by atoms with Gasteiger partial charge in [0.05, 0.1) is 16.0 Å². The lowest BCUT2D eigenvalue weighted by Gasteiger charge is -2.12. The summed E-state index contributed by atoms with van der Waals surface area (Å²) in [5.74, 6) is 0.0586. The average Bonchev–Trinajstić information content (AvgIpc) is 2.95. The molecule has 1 aromatic carbocycles. The van der Waals surface area contributed by atoms with Gasteiger partial charge >= 0.3 is 0 Å². The van der Waals surface area contributed by atoms with Crippen molar-refractivity contribution in [1.82, 2.24) is 15.3 Å². The minimum Gasteiger partial charge on any atom is -0.392 e. The highest BCUT2D eigenvalue weighted by atomic mass is 35.5. The highest BCUT2D eigenvalue weighted by Gasteiger charge is 2.20. The molecule has 8 nitrogen and oxygen atoms in total. The highest BCUT2D eigenvalue weighted by Crippen LogP contribution is 2.30. The van der Waals surface area contributed by atoms with Gasteiger partial charge in [-0.1, -0.05) is 11.6 Å². The van der Waals surface area contributed by atoms with Crippen molar-refractivity contribution in [3.05, 3.63) is 51.1 Å². The molecule has 0 saturated carbocycles. The van der Waals surface area contributed by atoms with Gasteiger partial charge in [-0.05, 0) is 13.0 Å². The van der Waals surface area contributed by atoms with Crippen LogP contribution in [0.5, 0.6) is 0 Å². The zero-order valence-electron chi connectivity index (χ0n) is 11.0. The minimum absolute atomic E-state index is 0.0417. The molecule has 1 heterocycles. The molecule has 0 spiro atoms. The van der Waals surface area contributed by atoms with Gasteiger partial charge in [-0.3, -0.25) is 14.9 Å². The van der Waals surface area contributed by atoms with Gasteiger partial charge in [0.25, 0.3) is 11.6 Å². The molecule has 0 aliphatic rings. The molecule has 0 radical (unpaired) electrons. The summed E-state index contributed by atoms with van der Waals surface area (Å²) in [5.41, 5.74) is 4.99. The number of amides is 1. The third-order valence-electron chi connectivity index (χ3n) is 2.84. The van der Waals surface area contributed by atoms with Gasteiger partial charge in [-0.2, -0.15) is 0 Å². The van der Waals surface area contributed by atoms with Crippen LogP contribution in [-0.2, 0) is 0 Å². The SMILES string of the molecule is CC(NC(=O)c1cc(Cl)c(N)c([N+](=O)[O-])c1)c1ncc[nH]1. The Morgan fingerprint density at radius 2 is 2.29 bits per heavy atom. The predicted octanol–water partition coefficient (Wildman–Crippen LogP) is 2.04. The number of anilines is 1. The molecule has 1 amide bonds. The summed E-state index contributed by atoms with van der Waals surface area (Å²) in [7, 11) is 0. The Kier molecular flexibility index (Phi) is 4.08. The lowest BCUT2D eigenvalue weighted by molar-refractivity contribution is -0.383. The number of nitrogens with one attached hydrogen (secondary N) is 2. The van der Waals surface area contributed by atoms with Gasteiger partial charge in [-0.15, -0.1) is 0 Å². The number of hydrogen-bond acceptors (Lipinski definition) is 5. The molecule has 4 N–H and O–H groups in total. The van der Waals surface area contributed by atoms with Crippen LogP contribution in [0.25, 0.3) is 0 Å². The van der Waals surface area contributed by atoms with E-state index in [0.29, 0.717) is 5.82 Å². The van der Waals surface area contributed by atoms with E-state index in [1.807, 2.05) is 0 Å². The molecule has 0 aliphatic carbocycles. The van der Waals surface area contributed by atoms with E-state index in [0.717, 1.165) is 6.07 Å². The monoisotopic (exact) mass is 309 g/mol. The van der Waals surface area contributed by atoms with E-state index < -0.39 is 16.5 Å². The van der Waals surface area contributed by atoms with Gasteiger partial charge in [0.2, 0.25) is 0 Å². The second kappa shape index (κ2) is 5.80. The molecule has 110 valence electrons. The van der Waals surface area contributed by atoms with Crippen LogP contribution < -0.4 is 11.1 Å². The van der Waals surface area contributed by atoms with E-state index in [9.17, 15) is 14.9 Å². The minimum atomic E-state index is -0.687. The quantitative estimate of drug-likeness (QED) is 0.452. The number of carbonyl (C=O) groups excluding carboxylic acids is 1. The third kappa shape index (κ3) is 3.11. The van der Waals surface area contributed by atoms with Crippen LogP contribution in [0.15, 0.2) is 24.5 Å². The first-order valence-electron chi connectivity index (χ1n) is 5.93. The Morgan fingerprint density at radius 1 is 1.57 bits per heavy atom. The van der Waals surface area contributed by atoms with Crippen molar-refractivity contribution in [2.75, 3.05) is 5.73 Å². The molecule has 0 bridgehead atoms. The number of H-pyrrole nitrogens is 1. The number of nitrogens with zero attached hydrogens (tertiary/aromatic N) is 2. The van der Waals surface area contributed by atoms with Crippen molar-refractivity contribution in [3.63, 3.8) is 0 Å². The molecule has 2 aromatic rings. The molecule has 2 rings (SSSR count). The number of benzene rings is 1. The summed E-state index contributed by atoms with van der Waals surface area (Å²) in [6.45, 7) is 1.73. The van der Waals surface area contributed by atoms with E-state index in [2.05, 4.69) is 15.3 Å². The number of nitrogens with two attached hydrogens (primary N) is 1. The molecule has 9 heteroatoms. The highest BCUT2D eigenvalue weighted by molar-refractivity contribution is 6.34. The lowest BCUT2D eigenvalue weighted by atomic mass is 10.1. The maximum absolute atomic E-state index is 12.1. The lowest BCUT2D eigenvalue weighted by Crippen LogP contribution is -2.27. The van der Waals surface area contributed by atoms with Crippen LogP contribution in [-0.4, -0.2) is 20.8 Å².